The van der Waals surface area contributed by atoms with E-state index in [1.807, 2.05) is 18.0 Å². The summed E-state index contributed by atoms with van der Waals surface area (Å²) in [5, 5.41) is 3.04. The van der Waals surface area contributed by atoms with Gasteiger partial charge in [-0.1, -0.05) is 20.8 Å². The van der Waals surface area contributed by atoms with E-state index in [0.29, 0.717) is 25.6 Å². The second-order valence-electron chi connectivity index (χ2n) is 6.12. The Hall–Kier alpha value is -1.89. The molecule has 1 unspecified atom stereocenters. The number of hydrogen-bond donors (Lipinski definition) is 2. The molecule has 2 rings (SSSR count). The number of morpholine rings is 1. The van der Waals surface area contributed by atoms with Crippen LogP contribution >= 0.6 is 0 Å². The van der Waals surface area contributed by atoms with Crippen LogP contribution in [0.3, 0.4) is 0 Å². The fourth-order valence-electron chi connectivity index (χ4n) is 2.16. The highest BCUT2D eigenvalue weighted by atomic mass is 16.5. The quantitative estimate of drug-likeness (QED) is 0.843. The van der Waals surface area contributed by atoms with Crippen molar-refractivity contribution in [2.24, 2.45) is 5.73 Å². The van der Waals surface area contributed by atoms with Crippen LogP contribution in [-0.2, 0) is 14.9 Å². The molecule has 0 bridgehead atoms. The van der Waals surface area contributed by atoms with Crippen molar-refractivity contribution in [3.63, 3.8) is 0 Å². The topological polar surface area (TPSA) is 93.4 Å². The lowest BCUT2D eigenvalue weighted by molar-refractivity contribution is -0.121. The molecule has 0 aliphatic carbocycles. The standard InChI is InChI=1S/C14H23N5O2/c1-14(2,3)13-17-10(16-4)7-11(18-13)19-5-6-21-8-9(19)12(15)20/h7,9H,5-6,8H2,1-4H3,(H2,15,20)(H,16,17,18). The van der Waals surface area contributed by atoms with Crippen molar-refractivity contribution < 1.29 is 9.53 Å². The van der Waals surface area contributed by atoms with Crippen LogP contribution in [-0.4, -0.2) is 48.7 Å². The largest absolute Gasteiger partial charge is 0.377 e. The van der Waals surface area contributed by atoms with Gasteiger partial charge in [0.25, 0.3) is 0 Å². The molecule has 1 aliphatic heterocycles. The van der Waals surface area contributed by atoms with Gasteiger partial charge in [-0.25, -0.2) is 9.97 Å². The third-order valence-electron chi connectivity index (χ3n) is 3.39. The number of rotatable bonds is 3. The van der Waals surface area contributed by atoms with Crippen LogP contribution in [0.25, 0.3) is 0 Å². The summed E-state index contributed by atoms with van der Waals surface area (Å²) in [6, 6.07) is 1.34. The number of amides is 1. The van der Waals surface area contributed by atoms with Gasteiger partial charge in [0.1, 0.15) is 23.5 Å². The van der Waals surface area contributed by atoms with Crippen LogP contribution < -0.4 is 16.0 Å². The number of aromatic nitrogens is 2. The Kier molecular flexibility index (Phi) is 4.32. The molecule has 2 heterocycles. The van der Waals surface area contributed by atoms with Gasteiger partial charge in [-0.15, -0.1) is 0 Å². The molecule has 1 fully saturated rings. The van der Waals surface area contributed by atoms with Gasteiger partial charge in [0, 0.05) is 25.1 Å². The van der Waals surface area contributed by atoms with Crippen LogP contribution in [0, 0.1) is 0 Å². The molecule has 0 saturated carbocycles. The Balaban J connectivity index is 2.43. The van der Waals surface area contributed by atoms with E-state index >= 15 is 0 Å². The molecule has 0 aromatic carbocycles. The molecule has 7 nitrogen and oxygen atoms in total. The number of carbonyl (C=O) groups excluding carboxylic acids is 1. The molecule has 1 aromatic heterocycles. The number of nitrogens with one attached hydrogen (secondary N) is 1. The summed E-state index contributed by atoms with van der Waals surface area (Å²) in [6.45, 7) is 7.58. The summed E-state index contributed by atoms with van der Waals surface area (Å²) in [5.74, 6) is 1.74. The van der Waals surface area contributed by atoms with Gasteiger partial charge in [-0.2, -0.15) is 0 Å². The molecule has 116 valence electrons. The van der Waals surface area contributed by atoms with Crippen molar-refractivity contribution >= 4 is 17.5 Å². The lowest BCUT2D eigenvalue weighted by Gasteiger charge is -2.35. The Morgan fingerprint density at radius 3 is 2.76 bits per heavy atom. The van der Waals surface area contributed by atoms with Gasteiger partial charge in [-0.3, -0.25) is 4.79 Å². The molecule has 0 radical (unpaired) electrons. The highest BCUT2D eigenvalue weighted by Gasteiger charge is 2.30. The lowest BCUT2D eigenvalue weighted by Crippen LogP contribution is -2.53. The third kappa shape index (κ3) is 3.41. The van der Waals surface area contributed by atoms with Crippen molar-refractivity contribution in [2.45, 2.75) is 32.2 Å². The predicted octanol–water partition coefficient (Wildman–Crippen LogP) is 0.506. The van der Waals surface area contributed by atoms with Crippen molar-refractivity contribution in [1.29, 1.82) is 0 Å². The number of ether oxygens (including phenoxy) is 1. The smallest absolute Gasteiger partial charge is 0.242 e. The normalized spacial score (nSPS) is 19.4. The summed E-state index contributed by atoms with van der Waals surface area (Å²) < 4.78 is 5.35. The zero-order valence-corrected chi connectivity index (χ0v) is 13.0. The van der Waals surface area contributed by atoms with Gasteiger partial charge < -0.3 is 20.7 Å². The number of nitrogens with two attached hydrogens (primary N) is 1. The minimum Gasteiger partial charge on any atom is -0.377 e. The molecule has 3 N–H and O–H groups in total. The highest BCUT2D eigenvalue weighted by molar-refractivity contribution is 5.83. The van der Waals surface area contributed by atoms with Crippen LogP contribution in [0.5, 0.6) is 0 Å². The Morgan fingerprint density at radius 1 is 1.48 bits per heavy atom. The summed E-state index contributed by atoms with van der Waals surface area (Å²) in [5.41, 5.74) is 5.29. The fraction of sp³-hybridized carbons (Fsp3) is 0.643. The van der Waals surface area contributed by atoms with E-state index in [2.05, 4.69) is 36.1 Å². The van der Waals surface area contributed by atoms with E-state index in [1.54, 1.807) is 0 Å². The van der Waals surface area contributed by atoms with Crippen molar-refractivity contribution in [1.82, 2.24) is 9.97 Å². The van der Waals surface area contributed by atoms with Gasteiger partial charge in [0.05, 0.1) is 13.2 Å². The van der Waals surface area contributed by atoms with Crippen molar-refractivity contribution in [3.05, 3.63) is 11.9 Å². The van der Waals surface area contributed by atoms with E-state index in [9.17, 15) is 4.79 Å². The Bertz CT molecular complexity index is 527. The molecular formula is C14H23N5O2. The highest BCUT2D eigenvalue weighted by Crippen LogP contribution is 2.25. The predicted molar refractivity (Wildman–Crippen MR) is 81.4 cm³/mol. The molecular weight excluding hydrogens is 270 g/mol. The molecule has 1 saturated heterocycles. The maximum Gasteiger partial charge on any atom is 0.242 e. The second-order valence-corrected chi connectivity index (χ2v) is 6.12. The monoisotopic (exact) mass is 293 g/mol. The summed E-state index contributed by atoms with van der Waals surface area (Å²) in [7, 11) is 1.81. The van der Waals surface area contributed by atoms with Gasteiger partial charge >= 0.3 is 0 Å². The van der Waals surface area contributed by atoms with E-state index in [-0.39, 0.29) is 5.41 Å². The van der Waals surface area contributed by atoms with Crippen LogP contribution in [0.2, 0.25) is 0 Å². The van der Waals surface area contributed by atoms with Crippen LogP contribution in [0.15, 0.2) is 6.07 Å². The average molecular weight is 293 g/mol. The summed E-state index contributed by atoms with van der Waals surface area (Å²) in [6.07, 6.45) is 0. The number of carbonyl (C=O) groups is 1. The molecule has 1 aliphatic rings. The average Bonchev–Trinajstić information content (AvgIpc) is 2.45. The van der Waals surface area contributed by atoms with E-state index < -0.39 is 11.9 Å². The number of hydrogen-bond acceptors (Lipinski definition) is 6. The first kappa shape index (κ1) is 15.5. The van der Waals surface area contributed by atoms with E-state index in [0.717, 1.165) is 11.6 Å². The van der Waals surface area contributed by atoms with Crippen molar-refractivity contribution in [2.75, 3.05) is 37.0 Å². The minimum atomic E-state index is -0.494. The maximum absolute atomic E-state index is 11.6. The first-order valence-corrected chi connectivity index (χ1v) is 7.04. The van der Waals surface area contributed by atoms with Crippen LogP contribution in [0.1, 0.15) is 26.6 Å². The van der Waals surface area contributed by atoms with Crippen LogP contribution in [0.4, 0.5) is 11.6 Å². The molecule has 1 aromatic rings. The minimum absolute atomic E-state index is 0.184. The van der Waals surface area contributed by atoms with E-state index in [4.69, 9.17) is 10.5 Å². The molecule has 1 atom stereocenters. The molecule has 1 amide bonds. The SMILES string of the molecule is CNc1cc(N2CCOCC2C(N)=O)nc(C(C)(C)C)n1. The van der Waals surface area contributed by atoms with Crippen molar-refractivity contribution in [3.8, 4) is 0 Å². The first-order valence-electron chi connectivity index (χ1n) is 7.04. The first-order chi connectivity index (χ1) is 9.82. The fourth-order valence-corrected chi connectivity index (χ4v) is 2.16. The second kappa shape index (κ2) is 5.85. The molecule has 21 heavy (non-hydrogen) atoms. The van der Waals surface area contributed by atoms with Gasteiger partial charge in [0.2, 0.25) is 5.91 Å². The number of anilines is 2. The third-order valence-corrected chi connectivity index (χ3v) is 3.39. The van der Waals surface area contributed by atoms with Gasteiger partial charge in [-0.05, 0) is 0 Å². The number of nitrogens with zero attached hydrogens (tertiary/aromatic N) is 3. The molecule has 7 heteroatoms. The lowest BCUT2D eigenvalue weighted by atomic mass is 9.95. The maximum atomic E-state index is 11.6. The zero-order valence-electron chi connectivity index (χ0n) is 13.0. The molecule has 0 spiro atoms. The Morgan fingerprint density at radius 2 is 2.19 bits per heavy atom. The number of primary amides is 1. The van der Waals surface area contributed by atoms with Gasteiger partial charge in [0.15, 0.2) is 0 Å². The zero-order chi connectivity index (χ0) is 15.6. The van der Waals surface area contributed by atoms with E-state index in [1.165, 1.54) is 0 Å². The summed E-state index contributed by atoms with van der Waals surface area (Å²) in [4.78, 5) is 22.6. The summed E-state index contributed by atoms with van der Waals surface area (Å²) >= 11 is 0. The Labute approximate surface area is 124 Å².